The van der Waals surface area contributed by atoms with Gasteiger partial charge in [-0.1, -0.05) is 12.1 Å². The molecule has 0 aliphatic carbocycles. The summed E-state index contributed by atoms with van der Waals surface area (Å²) in [6, 6.07) is 12.9. The lowest BCUT2D eigenvalue weighted by Gasteiger charge is -2.35. The van der Waals surface area contributed by atoms with E-state index in [-0.39, 0.29) is 66.2 Å². The molecule has 0 atom stereocenters. The molecule has 1 aliphatic heterocycles. The zero-order valence-corrected chi connectivity index (χ0v) is 26.5. The van der Waals surface area contributed by atoms with E-state index in [0.29, 0.717) is 22.2 Å². The van der Waals surface area contributed by atoms with Gasteiger partial charge in [0.25, 0.3) is 6.43 Å². The molecule has 0 radical (unpaired) electrons. The summed E-state index contributed by atoms with van der Waals surface area (Å²) < 4.78 is 92.9. The number of carbonyl (C=O) groups excluding carboxylic acids is 1. The first-order chi connectivity index (χ1) is 22.8. The predicted molar refractivity (Wildman–Crippen MR) is 171 cm³/mol. The van der Waals surface area contributed by atoms with Gasteiger partial charge >= 0.3 is 0 Å². The summed E-state index contributed by atoms with van der Waals surface area (Å²) in [4.78, 5) is 18.5. The van der Waals surface area contributed by atoms with Gasteiger partial charge in [-0.25, -0.2) is 30.7 Å². The largest absolute Gasteiger partial charge is 0.485 e. The fourth-order valence-corrected chi connectivity index (χ4v) is 6.42. The first-order valence-electron chi connectivity index (χ1n) is 14.7. The number of para-hydroxylation sites is 1. The van der Waals surface area contributed by atoms with Gasteiger partial charge in [0.15, 0.2) is 17.4 Å². The van der Waals surface area contributed by atoms with Crippen molar-refractivity contribution in [3.63, 3.8) is 0 Å². The molecule has 3 aromatic carbocycles. The zero-order valence-electron chi connectivity index (χ0n) is 25.7. The molecule has 6 rings (SSSR count). The van der Waals surface area contributed by atoms with Crippen LogP contribution in [0, 0.1) is 18.6 Å². The molecule has 1 saturated heterocycles. The van der Waals surface area contributed by atoms with Crippen LogP contribution in [0.1, 0.15) is 21.6 Å². The second kappa shape index (κ2) is 12.8. The normalized spacial score (nSPS) is 14.2. The zero-order chi connectivity index (χ0) is 34.3. The number of ketones is 1. The third-order valence-corrected chi connectivity index (χ3v) is 9.22. The summed E-state index contributed by atoms with van der Waals surface area (Å²) in [6.07, 6.45) is -0.406. The molecule has 2 aromatic heterocycles. The highest BCUT2D eigenvalue weighted by atomic mass is 32.2. The predicted octanol–water partition coefficient (Wildman–Crippen LogP) is 5.27. The number of aromatic amines is 1. The van der Waals surface area contributed by atoms with Gasteiger partial charge in [-0.15, -0.1) is 0 Å². The number of hydrogen-bond donors (Lipinski definition) is 2. The molecule has 0 saturated carbocycles. The molecular formula is C32H30F4N6O5S. The SMILES string of the molecule is Cc1cc(Oc2ccccc2F)cc(F)c1-n1ncc(C(=O)c2cc3cc(OCC(F)F)c(N4CCN(S(C)(=O)=O)CC4)cc3[nH]2)c1N. The first-order valence-corrected chi connectivity index (χ1v) is 16.5. The second-order valence-electron chi connectivity index (χ2n) is 11.2. The number of nitrogens with zero attached hydrogens (tertiary/aromatic N) is 4. The number of nitrogens with one attached hydrogen (secondary N) is 1. The summed E-state index contributed by atoms with van der Waals surface area (Å²) in [7, 11) is -3.39. The van der Waals surface area contributed by atoms with Crippen LogP contribution < -0.4 is 20.1 Å². The minimum Gasteiger partial charge on any atom is -0.485 e. The number of carbonyl (C=O) groups is 1. The molecule has 0 amide bonds. The highest BCUT2D eigenvalue weighted by Gasteiger charge is 2.27. The average Bonchev–Trinajstić information content (AvgIpc) is 3.62. The van der Waals surface area contributed by atoms with E-state index in [2.05, 4.69) is 10.1 Å². The molecule has 0 spiro atoms. The van der Waals surface area contributed by atoms with Crippen molar-refractivity contribution in [2.75, 3.05) is 49.7 Å². The number of hydrogen-bond acceptors (Lipinski definition) is 8. The molecule has 48 heavy (non-hydrogen) atoms. The Hall–Kier alpha value is -5.09. The third-order valence-electron chi connectivity index (χ3n) is 7.91. The number of ether oxygens (including phenoxy) is 2. The second-order valence-corrected chi connectivity index (χ2v) is 13.2. The number of aromatic nitrogens is 3. The smallest absolute Gasteiger partial charge is 0.272 e. The lowest BCUT2D eigenvalue weighted by atomic mass is 10.1. The highest BCUT2D eigenvalue weighted by Crippen LogP contribution is 2.36. The van der Waals surface area contributed by atoms with Gasteiger partial charge in [0, 0.05) is 43.1 Å². The Labute approximate surface area is 272 Å². The van der Waals surface area contributed by atoms with Crippen molar-refractivity contribution < 1.29 is 40.2 Å². The average molecular weight is 687 g/mol. The van der Waals surface area contributed by atoms with E-state index in [9.17, 15) is 26.4 Å². The van der Waals surface area contributed by atoms with Crippen molar-refractivity contribution >= 4 is 38.2 Å². The summed E-state index contributed by atoms with van der Waals surface area (Å²) in [5.41, 5.74) is 7.64. The van der Waals surface area contributed by atoms with Crippen molar-refractivity contribution in [2.24, 2.45) is 0 Å². The Bertz CT molecular complexity index is 2100. The number of nitrogens with two attached hydrogens (primary N) is 1. The van der Waals surface area contributed by atoms with Crippen molar-refractivity contribution in [2.45, 2.75) is 13.3 Å². The molecule has 5 aromatic rings. The molecule has 252 valence electrons. The number of anilines is 2. The highest BCUT2D eigenvalue weighted by molar-refractivity contribution is 7.88. The fourth-order valence-electron chi connectivity index (χ4n) is 5.59. The molecule has 1 aliphatic rings. The monoisotopic (exact) mass is 686 g/mol. The topological polar surface area (TPSA) is 136 Å². The Kier molecular flexibility index (Phi) is 8.78. The number of nitrogen functional groups attached to an aromatic ring is 1. The van der Waals surface area contributed by atoms with Crippen molar-refractivity contribution in [1.29, 1.82) is 0 Å². The van der Waals surface area contributed by atoms with Crippen LogP contribution in [-0.4, -0.2) is 78.7 Å². The Balaban J connectivity index is 1.29. The number of piperazine rings is 1. The number of benzene rings is 3. The molecule has 3 N–H and O–H groups in total. The molecular weight excluding hydrogens is 656 g/mol. The summed E-state index contributed by atoms with van der Waals surface area (Å²) in [5, 5.41) is 4.65. The van der Waals surface area contributed by atoms with Crippen LogP contribution in [-0.2, 0) is 10.0 Å². The molecule has 0 bridgehead atoms. The van der Waals surface area contributed by atoms with Crippen molar-refractivity contribution in [3.8, 4) is 22.9 Å². The van der Waals surface area contributed by atoms with Crippen LogP contribution in [0.2, 0.25) is 0 Å². The number of halogens is 4. The van der Waals surface area contributed by atoms with Crippen LogP contribution in [0.5, 0.6) is 17.2 Å². The van der Waals surface area contributed by atoms with Gasteiger partial charge < -0.3 is 25.1 Å². The maximum atomic E-state index is 15.4. The molecule has 11 nitrogen and oxygen atoms in total. The number of fused-ring (bicyclic) bond motifs is 1. The standard InChI is InChI=1S/C32H30F4N6O5S/c1-18-11-20(47-27-6-4-3-5-22(27)33)14-23(34)30(18)42-32(37)21(16-38-42)31(43)25-12-19-13-28(46-17-29(35)36)26(15-24(19)39-25)40-7-9-41(10-8-40)48(2,44)45/h3-6,11-16,29,39H,7-10,17,37H2,1-2H3. The van der Waals surface area contributed by atoms with E-state index in [0.717, 1.165) is 17.0 Å². The summed E-state index contributed by atoms with van der Waals surface area (Å²) in [6.45, 7) is 1.70. The lowest BCUT2D eigenvalue weighted by Crippen LogP contribution is -2.48. The maximum absolute atomic E-state index is 15.4. The Morgan fingerprint density at radius 3 is 2.42 bits per heavy atom. The first kappa shape index (κ1) is 32.8. The van der Waals surface area contributed by atoms with Crippen LogP contribution in [0.3, 0.4) is 0 Å². The Morgan fingerprint density at radius 2 is 1.75 bits per heavy atom. The van der Waals surface area contributed by atoms with Gasteiger partial charge in [-0.05, 0) is 48.9 Å². The van der Waals surface area contributed by atoms with Crippen LogP contribution in [0.25, 0.3) is 16.6 Å². The van der Waals surface area contributed by atoms with Crippen LogP contribution in [0.15, 0.2) is 60.8 Å². The van der Waals surface area contributed by atoms with Crippen molar-refractivity contribution in [1.82, 2.24) is 19.1 Å². The van der Waals surface area contributed by atoms with Gasteiger partial charge in [-0.3, -0.25) is 4.79 Å². The van der Waals surface area contributed by atoms with E-state index < -0.39 is 40.5 Å². The van der Waals surface area contributed by atoms with Gasteiger partial charge in [0.05, 0.1) is 29.4 Å². The van der Waals surface area contributed by atoms with E-state index in [1.165, 1.54) is 46.9 Å². The number of sulfonamides is 1. The quantitative estimate of drug-likeness (QED) is 0.150. The fraction of sp³-hybridized carbons (Fsp3) is 0.250. The Morgan fingerprint density at radius 1 is 1.02 bits per heavy atom. The molecule has 16 heteroatoms. The van der Waals surface area contributed by atoms with E-state index in [1.807, 2.05) is 4.90 Å². The van der Waals surface area contributed by atoms with E-state index in [1.54, 1.807) is 19.1 Å². The number of rotatable bonds is 10. The van der Waals surface area contributed by atoms with Crippen LogP contribution >= 0.6 is 0 Å². The molecule has 1 fully saturated rings. The summed E-state index contributed by atoms with van der Waals surface area (Å²) in [5.74, 6) is -1.98. The third kappa shape index (κ3) is 6.53. The summed E-state index contributed by atoms with van der Waals surface area (Å²) >= 11 is 0. The lowest BCUT2D eigenvalue weighted by molar-refractivity contribution is 0.0821. The minimum absolute atomic E-state index is 0.0293. The number of alkyl halides is 2. The van der Waals surface area contributed by atoms with E-state index >= 15 is 4.39 Å². The van der Waals surface area contributed by atoms with Crippen LogP contribution in [0.4, 0.5) is 29.1 Å². The maximum Gasteiger partial charge on any atom is 0.272 e. The molecule has 3 heterocycles. The van der Waals surface area contributed by atoms with Gasteiger partial charge in [0.2, 0.25) is 15.8 Å². The molecule has 0 unspecified atom stereocenters. The van der Waals surface area contributed by atoms with Gasteiger partial charge in [0.1, 0.15) is 29.6 Å². The number of aryl methyl sites for hydroxylation is 1. The van der Waals surface area contributed by atoms with Crippen molar-refractivity contribution in [3.05, 3.63) is 89.2 Å². The number of H-pyrrole nitrogens is 1. The van der Waals surface area contributed by atoms with Gasteiger partial charge in [-0.2, -0.15) is 9.40 Å². The van der Waals surface area contributed by atoms with E-state index in [4.69, 9.17) is 15.2 Å². The minimum atomic E-state index is -3.39.